The number of nitrogens with zero attached hydrogens (tertiary/aromatic N) is 2. The third-order valence-electron chi connectivity index (χ3n) is 3.17. The Morgan fingerprint density at radius 2 is 1.90 bits per heavy atom. The summed E-state index contributed by atoms with van der Waals surface area (Å²) in [5, 5.41) is 12.4. The fourth-order valence-corrected chi connectivity index (χ4v) is 2.23. The molecule has 1 aliphatic heterocycles. The normalized spacial score (nSPS) is 15.6. The summed E-state index contributed by atoms with van der Waals surface area (Å²) in [4.78, 5) is 14.1. The fourth-order valence-electron chi connectivity index (χ4n) is 2.10. The molecule has 0 radical (unpaired) electrons. The molecule has 20 heavy (non-hydrogen) atoms. The van der Waals surface area contributed by atoms with E-state index in [9.17, 15) is 4.79 Å². The molecule has 1 heterocycles. The van der Waals surface area contributed by atoms with E-state index in [4.69, 9.17) is 16.9 Å². The van der Waals surface area contributed by atoms with E-state index in [1.807, 2.05) is 11.0 Å². The Morgan fingerprint density at radius 3 is 2.50 bits per heavy atom. The van der Waals surface area contributed by atoms with Crippen LogP contribution in [0.4, 0.5) is 5.69 Å². The smallest absolute Gasteiger partial charge is 0.267 e. The van der Waals surface area contributed by atoms with Gasteiger partial charge in [-0.2, -0.15) is 5.26 Å². The van der Waals surface area contributed by atoms with Crippen LogP contribution in [0.25, 0.3) is 0 Å². The summed E-state index contributed by atoms with van der Waals surface area (Å²) in [5.74, 6) is -0.389. The third-order valence-corrected chi connectivity index (χ3v) is 3.42. The molecule has 2 rings (SSSR count). The quantitative estimate of drug-likeness (QED) is 0.687. The number of carbonyl (C=O) groups is 1. The average molecular weight is 290 g/mol. The minimum absolute atomic E-state index is 0.127. The molecule has 1 aromatic carbocycles. The first-order valence-corrected chi connectivity index (χ1v) is 7.00. The van der Waals surface area contributed by atoms with Crippen molar-refractivity contribution in [2.45, 2.75) is 19.3 Å². The van der Waals surface area contributed by atoms with Gasteiger partial charge < -0.3 is 10.2 Å². The van der Waals surface area contributed by atoms with Gasteiger partial charge in [0.1, 0.15) is 11.6 Å². The molecule has 1 aliphatic rings. The summed E-state index contributed by atoms with van der Waals surface area (Å²) in [6.07, 6.45) is 5.08. The molecular formula is C15H16ClN3O. The van der Waals surface area contributed by atoms with Gasteiger partial charge in [-0.3, -0.25) is 4.79 Å². The number of benzene rings is 1. The minimum Gasteiger partial charge on any atom is -0.376 e. The van der Waals surface area contributed by atoms with Gasteiger partial charge in [-0.25, -0.2) is 0 Å². The molecule has 0 aliphatic carbocycles. The van der Waals surface area contributed by atoms with Gasteiger partial charge in [0.05, 0.1) is 0 Å². The second-order valence-corrected chi connectivity index (χ2v) is 5.15. The number of hydrogen-bond acceptors (Lipinski definition) is 3. The maximum absolute atomic E-state index is 12.0. The Morgan fingerprint density at radius 1 is 1.25 bits per heavy atom. The average Bonchev–Trinajstić information content (AvgIpc) is 2.48. The van der Waals surface area contributed by atoms with Crippen molar-refractivity contribution in [2.24, 2.45) is 0 Å². The number of likely N-dealkylation sites (tertiary alicyclic amines) is 1. The summed E-state index contributed by atoms with van der Waals surface area (Å²) < 4.78 is 0. The van der Waals surface area contributed by atoms with E-state index >= 15 is 0 Å². The Labute approximate surface area is 123 Å². The molecule has 0 spiro atoms. The zero-order chi connectivity index (χ0) is 14.4. The van der Waals surface area contributed by atoms with Crippen LogP contribution >= 0.6 is 11.6 Å². The highest BCUT2D eigenvalue weighted by Crippen LogP contribution is 2.15. The van der Waals surface area contributed by atoms with Crippen LogP contribution in [-0.2, 0) is 4.79 Å². The second kappa shape index (κ2) is 6.97. The highest BCUT2D eigenvalue weighted by molar-refractivity contribution is 6.30. The minimum atomic E-state index is -0.389. The maximum Gasteiger partial charge on any atom is 0.267 e. The van der Waals surface area contributed by atoms with Gasteiger partial charge in [-0.15, -0.1) is 0 Å². The molecule has 104 valence electrons. The van der Waals surface area contributed by atoms with E-state index < -0.39 is 0 Å². The van der Waals surface area contributed by atoms with Gasteiger partial charge in [0.25, 0.3) is 5.91 Å². The Bertz CT molecular complexity index is 539. The van der Waals surface area contributed by atoms with Crippen molar-refractivity contribution < 1.29 is 4.79 Å². The van der Waals surface area contributed by atoms with Crippen molar-refractivity contribution in [2.75, 3.05) is 18.4 Å². The van der Waals surface area contributed by atoms with Gasteiger partial charge >= 0.3 is 0 Å². The Kier molecular flexibility index (Phi) is 5.03. The van der Waals surface area contributed by atoms with Crippen LogP contribution in [0.2, 0.25) is 5.02 Å². The van der Waals surface area contributed by atoms with Crippen molar-refractivity contribution in [3.63, 3.8) is 0 Å². The van der Waals surface area contributed by atoms with Crippen LogP contribution in [0.3, 0.4) is 0 Å². The molecule has 4 nitrogen and oxygen atoms in total. The number of carbonyl (C=O) groups excluding carboxylic acids is 1. The Balaban J connectivity index is 2.03. The molecular weight excluding hydrogens is 274 g/mol. The van der Waals surface area contributed by atoms with E-state index in [2.05, 4.69) is 5.32 Å². The number of nitrogens with one attached hydrogen (secondary N) is 1. The van der Waals surface area contributed by atoms with Gasteiger partial charge in [-0.05, 0) is 43.5 Å². The van der Waals surface area contributed by atoms with Crippen LogP contribution in [0, 0.1) is 11.3 Å². The number of halogens is 1. The van der Waals surface area contributed by atoms with Gasteiger partial charge in [0, 0.05) is 30.0 Å². The number of piperidine rings is 1. The van der Waals surface area contributed by atoms with E-state index in [1.54, 1.807) is 30.5 Å². The lowest BCUT2D eigenvalue weighted by atomic mass is 10.1. The highest BCUT2D eigenvalue weighted by atomic mass is 35.5. The van der Waals surface area contributed by atoms with Crippen LogP contribution < -0.4 is 5.32 Å². The summed E-state index contributed by atoms with van der Waals surface area (Å²) in [5.41, 5.74) is 0.751. The van der Waals surface area contributed by atoms with Crippen molar-refractivity contribution in [1.29, 1.82) is 5.26 Å². The predicted octanol–water partition coefficient (Wildman–Crippen LogP) is 3.17. The molecule has 0 unspecified atom stereocenters. The first kappa shape index (κ1) is 14.4. The fraction of sp³-hybridized carbons (Fsp3) is 0.333. The van der Waals surface area contributed by atoms with Crippen molar-refractivity contribution >= 4 is 23.2 Å². The van der Waals surface area contributed by atoms with E-state index in [0.29, 0.717) is 10.7 Å². The zero-order valence-electron chi connectivity index (χ0n) is 11.1. The van der Waals surface area contributed by atoms with E-state index in [0.717, 1.165) is 25.9 Å². The molecule has 1 N–H and O–H groups in total. The lowest BCUT2D eigenvalue weighted by Crippen LogP contribution is -2.26. The number of amides is 1. The van der Waals surface area contributed by atoms with Gasteiger partial charge in [0.2, 0.25) is 0 Å². The standard InChI is InChI=1S/C15H16ClN3O/c16-13-4-6-14(7-5-13)18-15(20)12(10-17)11-19-8-2-1-3-9-19/h4-7,11H,1-3,8-9H2,(H,18,20)/b12-11-. The molecule has 0 atom stereocenters. The molecule has 1 saturated heterocycles. The lowest BCUT2D eigenvalue weighted by molar-refractivity contribution is -0.112. The Hall–Kier alpha value is -1.99. The summed E-state index contributed by atoms with van der Waals surface area (Å²) in [7, 11) is 0. The first-order chi connectivity index (χ1) is 9.69. The molecule has 5 heteroatoms. The predicted molar refractivity (Wildman–Crippen MR) is 79.2 cm³/mol. The zero-order valence-corrected chi connectivity index (χ0v) is 11.9. The number of nitriles is 1. The van der Waals surface area contributed by atoms with Crippen LogP contribution in [0.1, 0.15) is 19.3 Å². The van der Waals surface area contributed by atoms with Crippen LogP contribution in [-0.4, -0.2) is 23.9 Å². The molecule has 1 aromatic rings. The molecule has 0 aromatic heterocycles. The molecule has 1 fully saturated rings. The number of rotatable bonds is 3. The summed E-state index contributed by atoms with van der Waals surface area (Å²) in [6, 6.07) is 8.76. The second-order valence-electron chi connectivity index (χ2n) is 4.71. The van der Waals surface area contributed by atoms with Crippen molar-refractivity contribution in [1.82, 2.24) is 4.90 Å². The van der Waals surface area contributed by atoms with E-state index in [-0.39, 0.29) is 11.5 Å². The topological polar surface area (TPSA) is 56.1 Å². The van der Waals surface area contributed by atoms with Gasteiger partial charge in [0.15, 0.2) is 0 Å². The highest BCUT2D eigenvalue weighted by Gasteiger charge is 2.13. The van der Waals surface area contributed by atoms with Crippen LogP contribution in [0.5, 0.6) is 0 Å². The molecule has 0 bridgehead atoms. The maximum atomic E-state index is 12.0. The van der Waals surface area contributed by atoms with Crippen molar-refractivity contribution in [3.8, 4) is 6.07 Å². The number of hydrogen-bond donors (Lipinski definition) is 1. The number of anilines is 1. The monoisotopic (exact) mass is 289 g/mol. The van der Waals surface area contributed by atoms with Gasteiger partial charge in [-0.1, -0.05) is 11.6 Å². The largest absolute Gasteiger partial charge is 0.376 e. The summed E-state index contributed by atoms with van der Waals surface area (Å²) >= 11 is 5.78. The molecule has 0 saturated carbocycles. The molecule has 1 amide bonds. The summed E-state index contributed by atoms with van der Waals surface area (Å²) in [6.45, 7) is 1.80. The first-order valence-electron chi connectivity index (χ1n) is 6.62. The SMILES string of the molecule is N#C/C(=C/N1CCCCC1)C(=O)Nc1ccc(Cl)cc1. The lowest BCUT2D eigenvalue weighted by Gasteiger charge is -2.25. The van der Waals surface area contributed by atoms with Crippen LogP contribution in [0.15, 0.2) is 36.0 Å². The van der Waals surface area contributed by atoms with E-state index in [1.165, 1.54) is 6.42 Å². The van der Waals surface area contributed by atoms with Crippen molar-refractivity contribution in [3.05, 3.63) is 41.1 Å². The third kappa shape index (κ3) is 4.01.